The van der Waals surface area contributed by atoms with E-state index in [1.165, 1.54) is 0 Å². The highest BCUT2D eigenvalue weighted by Crippen LogP contribution is 2.28. The lowest BCUT2D eigenvalue weighted by molar-refractivity contribution is -0.0714. The number of hydrogen-bond acceptors (Lipinski definition) is 6. The van der Waals surface area contributed by atoms with Crippen LogP contribution in [0.3, 0.4) is 0 Å². The number of ether oxygens (including phenoxy) is 3. The molecule has 0 heterocycles. The molecule has 1 aliphatic carbocycles. The highest BCUT2D eigenvalue weighted by molar-refractivity contribution is 5.90. The maximum absolute atomic E-state index is 13.1. The third kappa shape index (κ3) is 7.77. The Morgan fingerprint density at radius 1 is 0.839 bits per heavy atom. The van der Waals surface area contributed by atoms with E-state index in [0.29, 0.717) is 17.9 Å². The lowest BCUT2D eigenvalue weighted by Crippen LogP contribution is -2.58. The van der Waals surface area contributed by atoms with Crippen LogP contribution < -0.4 is 0 Å². The molecular formula is C23H34N2O6. The molecule has 0 spiro atoms. The smallest absolute Gasteiger partial charge is 0.439 e. The Balaban J connectivity index is 2.33. The topological polar surface area (TPSA) is 85.4 Å². The highest BCUT2D eigenvalue weighted by Gasteiger charge is 2.43. The van der Waals surface area contributed by atoms with Crippen molar-refractivity contribution in [1.82, 2.24) is 10.0 Å². The summed E-state index contributed by atoms with van der Waals surface area (Å²) in [4.78, 5) is 39.2. The molecule has 0 atom stereocenters. The summed E-state index contributed by atoms with van der Waals surface area (Å²) >= 11 is 0. The van der Waals surface area contributed by atoms with Gasteiger partial charge in [-0.05, 0) is 59.9 Å². The Morgan fingerprint density at radius 2 is 1.32 bits per heavy atom. The summed E-state index contributed by atoms with van der Waals surface area (Å²) in [5, 5.41) is 1.72. The largest absolute Gasteiger partial charge is 0.443 e. The number of benzene rings is 1. The Hall–Kier alpha value is -2.77. The normalized spacial score (nSPS) is 14.6. The quantitative estimate of drug-likeness (QED) is 0.451. The fourth-order valence-corrected chi connectivity index (χ4v) is 3.19. The molecule has 1 aromatic carbocycles. The van der Waals surface area contributed by atoms with Gasteiger partial charge in [0.15, 0.2) is 0 Å². The number of hydrazine groups is 1. The Kier molecular flexibility index (Phi) is 7.92. The van der Waals surface area contributed by atoms with E-state index < -0.39 is 29.5 Å². The van der Waals surface area contributed by atoms with Gasteiger partial charge >= 0.3 is 18.3 Å². The molecule has 31 heavy (non-hydrogen) atoms. The second-order valence-corrected chi connectivity index (χ2v) is 9.60. The van der Waals surface area contributed by atoms with E-state index in [2.05, 4.69) is 0 Å². The summed E-state index contributed by atoms with van der Waals surface area (Å²) < 4.78 is 16.3. The summed E-state index contributed by atoms with van der Waals surface area (Å²) in [6.07, 6.45) is 0.279. The van der Waals surface area contributed by atoms with Gasteiger partial charge in [0.1, 0.15) is 17.8 Å². The molecule has 0 bridgehead atoms. The van der Waals surface area contributed by atoms with Crippen molar-refractivity contribution >= 4 is 18.3 Å². The molecule has 0 unspecified atom stereocenters. The molecule has 1 aliphatic rings. The third-order valence-corrected chi connectivity index (χ3v) is 4.41. The first-order valence-corrected chi connectivity index (χ1v) is 10.6. The molecule has 2 rings (SSSR count). The first-order chi connectivity index (χ1) is 14.4. The zero-order chi connectivity index (χ0) is 23.2. The molecule has 0 aromatic heterocycles. The van der Waals surface area contributed by atoms with Crippen molar-refractivity contribution in [3.63, 3.8) is 0 Å². The summed E-state index contributed by atoms with van der Waals surface area (Å²) in [5.41, 5.74) is -0.942. The molecule has 0 radical (unpaired) electrons. The second-order valence-electron chi connectivity index (χ2n) is 9.60. The summed E-state index contributed by atoms with van der Waals surface area (Å²) in [6, 6.07) is 8.82. The minimum absolute atomic E-state index is 0.0133. The van der Waals surface area contributed by atoms with Gasteiger partial charge < -0.3 is 14.2 Å². The van der Waals surface area contributed by atoms with Crippen molar-refractivity contribution in [1.29, 1.82) is 0 Å². The molecule has 0 aliphatic heterocycles. The van der Waals surface area contributed by atoms with Crippen LogP contribution in [-0.2, 0) is 20.8 Å². The standard InChI is InChI=1S/C23H34N2O6/c1-22(2,3)30-20(27)25(21(28)31-23(4,5)6)24(18-14-10-11-15-18)19(26)29-16-17-12-8-7-9-13-17/h7-9,12-13,18H,10-11,14-16H2,1-6H3. The van der Waals surface area contributed by atoms with Crippen LogP contribution in [0.5, 0.6) is 0 Å². The van der Waals surface area contributed by atoms with Crippen LogP contribution in [0.25, 0.3) is 0 Å². The van der Waals surface area contributed by atoms with E-state index >= 15 is 0 Å². The van der Waals surface area contributed by atoms with Crippen molar-refractivity contribution in [2.45, 2.75) is 91.1 Å². The molecular weight excluding hydrogens is 400 g/mol. The zero-order valence-electron chi connectivity index (χ0n) is 19.3. The zero-order valence-corrected chi connectivity index (χ0v) is 19.3. The van der Waals surface area contributed by atoms with E-state index in [-0.39, 0.29) is 12.6 Å². The van der Waals surface area contributed by atoms with Crippen LogP contribution in [0.15, 0.2) is 30.3 Å². The van der Waals surface area contributed by atoms with Gasteiger partial charge in [0.2, 0.25) is 0 Å². The molecule has 8 nitrogen and oxygen atoms in total. The number of hydrogen-bond donors (Lipinski definition) is 0. The van der Waals surface area contributed by atoms with Crippen LogP contribution in [-0.4, -0.2) is 45.5 Å². The van der Waals surface area contributed by atoms with Crippen molar-refractivity contribution in [2.24, 2.45) is 0 Å². The van der Waals surface area contributed by atoms with Crippen molar-refractivity contribution in [3.05, 3.63) is 35.9 Å². The van der Waals surface area contributed by atoms with Crippen molar-refractivity contribution in [2.75, 3.05) is 0 Å². The summed E-state index contributed by atoms with van der Waals surface area (Å²) in [5.74, 6) is 0. The van der Waals surface area contributed by atoms with Crippen LogP contribution in [0.1, 0.15) is 72.8 Å². The average Bonchev–Trinajstić information content (AvgIpc) is 3.16. The van der Waals surface area contributed by atoms with Gasteiger partial charge in [-0.25, -0.2) is 19.4 Å². The number of carbonyl (C=O) groups is 3. The second kappa shape index (κ2) is 10.0. The number of imide groups is 1. The number of amides is 3. The van der Waals surface area contributed by atoms with E-state index in [1.807, 2.05) is 30.3 Å². The SMILES string of the molecule is CC(C)(C)OC(=O)N(C(=O)OC(C)(C)C)N(C(=O)OCc1ccccc1)C1CCCC1. The predicted octanol–water partition coefficient (Wildman–Crippen LogP) is 5.66. The Labute approximate surface area is 184 Å². The lowest BCUT2D eigenvalue weighted by Gasteiger charge is -2.37. The van der Waals surface area contributed by atoms with Crippen LogP contribution in [0.4, 0.5) is 14.4 Å². The molecule has 172 valence electrons. The van der Waals surface area contributed by atoms with Gasteiger partial charge in [-0.1, -0.05) is 43.2 Å². The van der Waals surface area contributed by atoms with Gasteiger partial charge in [-0.2, -0.15) is 0 Å². The summed E-state index contributed by atoms with van der Waals surface area (Å²) in [7, 11) is 0. The monoisotopic (exact) mass is 434 g/mol. The molecule has 0 saturated heterocycles. The van der Waals surface area contributed by atoms with E-state index in [0.717, 1.165) is 23.4 Å². The minimum Gasteiger partial charge on any atom is -0.443 e. The fraction of sp³-hybridized carbons (Fsp3) is 0.609. The highest BCUT2D eigenvalue weighted by atomic mass is 16.6. The van der Waals surface area contributed by atoms with Gasteiger partial charge in [-0.3, -0.25) is 0 Å². The summed E-state index contributed by atoms with van der Waals surface area (Å²) in [6.45, 7) is 10.1. The van der Waals surface area contributed by atoms with Gasteiger partial charge in [-0.15, -0.1) is 5.01 Å². The molecule has 0 N–H and O–H groups in total. The first kappa shape index (κ1) is 24.5. The van der Waals surface area contributed by atoms with Crippen LogP contribution in [0.2, 0.25) is 0 Å². The van der Waals surface area contributed by atoms with Crippen molar-refractivity contribution in [3.8, 4) is 0 Å². The average molecular weight is 435 g/mol. The first-order valence-electron chi connectivity index (χ1n) is 10.6. The van der Waals surface area contributed by atoms with E-state index in [4.69, 9.17) is 14.2 Å². The van der Waals surface area contributed by atoms with Crippen molar-refractivity contribution < 1.29 is 28.6 Å². The Morgan fingerprint density at radius 3 is 1.77 bits per heavy atom. The van der Waals surface area contributed by atoms with E-state index in [9.17, 15) is 14.4 Å². The molecule has 1 aromatic rings. The predicted molar refractivity (Wildman–Crippen MR) is 115 cm³/mol. The fourth-order valence-electron chi connectivity index (χ4n) is 3.19. The lowest BCUT2D eigenvalue weighted by atomic mass is 10.2. The van der Waals surface area contributed by atoms with E-state index in [1.54, 1.807) is 41.5 Å². The third-order valence-electron chi connectivity index (χ3n) is 4.41. The van der Waals surface area contributed by atoms with Gasteiger partial charge in [0.25, 0.3) is 0 Å². The van der Waals surface area contributed by atoms with Gasteiger partial charge in [0, 0.05) is 0 Å². The Bertz CT molecular complexity index is 733. The molecule has 3 amide bonds. The molecule has 8 heteroatoms. The molecule has 1 fully saturated rings. The number of rotatable bonds is 3. The molecule has 1 saturated carbocycles. The van der Waals surface area contributed by atoms with Crippen LogP contribution >= 0.6 is 0 Å². The maximum Gasteiger partial charge on any atom is 0.439 e. The minimum atomic E-state index is -0.981. The van der Waals surface area contributed by atoms with Gasteiger partial charge in [0.05, 0.1) is 6.04 Å². The number of carbonyl (C=O) groups excluding carboxylic acids is 3. The van der Waals surface area contributed by atoms with Crippen LogP contribution in [0, 0.1) is 0 Å². The maximum atomic E-state index is 13.1. The number of nitrogens with zero attached hydrogens (tertiary/aromatic N) is 2.